The number of carboxylic acid groups (broad SMARTS) is 1. The molecule has 0 aromatic carbocycles. The van der Waals surface area contributed by atoms with E-state index in [2.05, 4.69) is 10.2 Å². The van der Waals surface area contributed by atoms with Crippen LogP contribution < -0.4 is 11.1 Å². The molecule has 114 valence electrons. The molecule has 0 radical (unpaired) electrons. The molecule has 4 N–H and O–H groups in total. The van der Waals surface area contributed by atoms with Crippen molar-refractivity contribution in [2.75, 3.05) is 19.6 Å². The number of hydrogen-bond donors (Lipinski definition) is 3. The van der Waals surface area contributed by atoms with Gasteiger partial charge in [-0.3, -0.25) is 14.5 Å². The lowest BCUT2D eigenvalue weighted by atomic mass is 9.84. The number of aliphatic carboxylic acids is 1. The fourth-order valence-corrected chi connectivity index (χ4v) is 3.17. The van der Waals surface area contributed by atoms with Crippen LogP contribution in [0.15, 0.2) is 0 Å². The molecule has 2 aliphatic rings. The Hall–Kier alpha value is -1.14. The highest BCUT2D eigenvalue weighted by Crippen LogP contribution is 2.24. The normalized spacial score (nSPS) is 29.1. The zero-order chi connectivity index (χ0) is 14.5. The van der Waals surface area contributed by atoms with E-state index >= 15 is 0 Å². The number of piperidine rings is 1. The molecule has 6 heteroatoms. The Bertz CT molecular complexity index is 354. The maximum atomic E-state index is 12.1. The van der Waals surface area contributed by atoms with E-state index in [1.165, 1.54) is 0 Å². The van der Waals surface area contributed by atoms with Gasteiger partial charge in [0.15, 0.2) is 0 Å². The lowest BCUT2D eigenvalue weighted by Crippen LogP contribution is -2.50. The summed E-state index contributed by atoms with van der Waals surface area (Å²) in [6.45, 7) is 2.05. The van der Waals surface area contributed by atoms with Gasteiger partial charge in [-0.25, -0.2) is 0 Å². The van der Waals surface area contributed by atoms with Crippen LogP contribution in [0.5, 0.6) is 0 Å². The molecule has 1 amide bonds. The summed E-state index contributed by atoms with van der Waals surface area (Å²) in [7, 11) is 0. The van der Waals surface area contributed by atoms with E-state index in [-0.39, 0.29) is 18.0 Å². The van der Waals surface area contributed by atoms with E-state index in [9.17, 15) is 14.7 Å². The van der Waals surface area contributed by atoms with Gasteiger partial charge in [-0.15, -0.1) is 0 Å². The SMILES string of the molecule is NC1CCN(CC(=O)NC2CCCCC2C(=O)O)CC1. The number of carboxylic acids is 1. The summed E-state index contributed by atoms with van der Waals surface area (Å²) in [6.07, 6.45) is 5.22. The summed E-state index contributed by atoms with van der Waals surface area (Å²) in [4.78, 5) is 25.3. The third kappa shape index (κ3) is 4.18. The Labute approximate surface area is 119 Å². The van der Waals surface area contributed by atoms with Crippen LogP contribution in [-0.4, -0.2) is 53.6 Å². The number of nitrogens with one attached hydrogen (secondary N) is 1. The first-order valence-electron chi connectivity index (χ1n) is 7.56. The molecule has 1 heterocycles. The van der Waals surface area contributed by atoms with Crippen molar-refractivity contribution in [2.45, 2.75) is 50.6 Å². The van der Waals surface area contributed by atoms with Crippen molar-refractivity contribution in [1.82, 2.24) is 10.2 Å². The highest BCUT2D eigenvalue weighted by molar-refractivity contribution is 5.79. The highest BCUT2D eigenvalue weighted by atomic mass is 16.4. The van der Waals surface area contributed by atoms with E-state index in [1.807, 2.05) is 0 Å². The van der Waals surface area contributed by atoms with Crippen molar-refractivity contribution in [3.8, 4) is 0 Å². The molecule has 0 spiro atoms. The largest absolute Gasteiger partial charge is 0.481 e. The molecule has 20 heavy (non-hydrogen) atoms. The molecule has 1 saturated heterocycles. The van der Waals surface area contributed by atoms with Gasteiger partial charge in [0.25, 0.3) is 0 Å². The van der Waals surface area contributed by atoms with Gasteiger partial charge in [0.1, 0.15) is 0 Å². The van der Waals surface area contributed by atoms with Crippen LogP contribution in [0, 0.1) is 5.92 Å². The van der Waals surface area contributed by atoms with E-state index < -0.39 is 11.9 Å². The second kappa shape index (κ2) is 7.04. The first kappa shape index (κ1) is 15.3. The van der Waals surface area contributed by atoms with E-state index in [1.54, 1.807) is 0 Å². The minimum absolute atomic E-state index is 0.0568. The average Bonchev–Trinajstić information content (AvgIpc) is 2.41. The van der Waals surface area contributed by atoms with E-state index in [4.69, 9.17) is 5.73 Å². The molecule has 2 unspecified atom stereocenters. The van der Waals surface area contributed by atoms with Gasteiger partial charge in [-0.05, 0) is 25.7 Å². The van der Waals surface area contributed by atoms with E-state index in [0.717, 1.165) is 45.2 Å². The maximum Gasteiger partial charge on any atom is 0.308 e. The molecule has 0 aromatic rings. The van der Waals surface area contributed by atoms with Gasteiger partial charge < -0.3 is 16.2 Å². The van der Waals surface area contributed by atoms with Crippen LogP contribution >= 0.6 is 0 Å². The molecular formula is C14H25N3O3. The summed E-state index contributed by atoms with van der Waals surface area (Å²) in [6, 6.07) is 0.0462. The molecule has 6 nitrogen and oxygen atoms in total. The van der Waals surface area contributed by atoms with Gasteiger partial charge in [0, 0.05) is 25.2 Å². The Balaban J connectivity index is 1.79. The average molecular weight is 283 g/mol. The second-order valence-corrected chi connectivity index (χ2v) is 6.02. The van der Waals surface area contributed by atoms with Crippen LogP contribution in [0.1, 0.15) is 38.5 Å². The molecule has 2 rings (SSSR count). The topological polar surface area (TPSA) is 95.7 Å². The van der Waals surface area contributed by atoms with Crippen LogP contribution in [0.2, 0.25) is 0 Å². The predicted molar refractivity (Wildman–Crippen MR) is 75.2 cm³/mol. The Morgan fingerprint density at radius 3 is 2.45 bits per heavy atom. The number of carbonyl (C=O) groups is 2. The first-order valence-corrected chi connectivity index (χ1v) is 7.56. The highest BCUT2D eigenvalue weighted by Gasteiger charge is 2.32. The second-order valence-electron chi connectivity index (χ2n) is 6.02. The molecule has 1 aliphatic heterocycles. The fraction of sp³-hybridized carbons (Fsp3) is 0.857. The number of likely N-dealkylation sites (tertiary alicyclic amines) is 1. The Morgan fingerprint density at radius 2 is 1.80 bits per heavy atom. The van der Waals surface area contributed by atoms with Gasteiger partial charge in [0.2, 0.25) is 5.91 Å². The number of nitrogens with two attached hydrogens (primary N) is 1. The molecular weight excluding hydrogens is 258 g/mol. The summed E-state index contributed by atoms with van der Waals surface area (Å²) < 4.78 is 0. The van der Waals surface area contributed by atoms with Crippen LogP contribution in [0.25, 0.3) is 0 Å². The molecule has 2 atom stereocenters. The third-order valence-electron chi connectivity index (χ3n) is 4.43. The van der Waals surface area contributed by atoms with Gasteiger partial charge >= 0.3 is 5.97 Å². The summed E-state index contributed by atoms with van der Waals surface area (Å²) in [5.41, 5.74) is 5.84. The number of hydrogen-bond acceptors (Lipinski definition) is 4. The Morgan fingerprint density at radius 1 is 1.15 bits per heavy atom. The molecule has 2 fully saturated rings. The first-order chi connectivity index (χ1) is 9.56. The van der Waals surface area contributed by atoms with Crippen molar-refractivity contribution < 1.29 is 14.7 Å². The van der Waals surface area contributed by atoms with Crippen LogP contribution in [0.4, 0.5) is 0 Å². The van der Waals surface area contributed by atoms with Gasteiger partial charge in [-0.1, -0.05) is 12.8 Å². The number of rotatable bonds is 4. The van der Waals surface area contributed by atoms with Crippen molar-refractivity contribution in [3.63, 3.8) is 0 Å². The van der Waals surface area contributed by atoms with Crippen molar-refractivity contribution in [1.29, 1.82) is 0 Å². The standard InChI is InChI=1S/C14H25N3O3/c15-10-5-7-17(8-6-10)9-13(18)16-12-4-2-1-3-11(12)14(19)20/h10-12H,1-9,15H2,(H,16,18)(H,19,20). The minimum Gasteiger partial charge on any atom is -0.481 e. The molecule has 1 saturated carbocycles. The minimum atomic E-state index is -0.793. The summed E-state index contributed by atoms with van der Waals surface area (Å²) in [5.74, 6) is -1.28. The zero-order valence-electron chi connectivity index (χ0n) is 11.9. The Kier molecular flexibility index (Phi) is 5.37. The third-order valence-corrected chi connectivity index (χ3v) is 4.43. The van der Waals surface area contributed by atoms with Crippen LogP contribution in [0.3, 0.4) is 0 Å². The lowest BCUT2D eigenvalue weighted by Gasteiger charge is -2.32. The van der Waals surface area contributed by atoms with E-state index in [0.29, 0.717) is 13.0 Å². The molecule has 1 aliphatic carbocycles. The van der Waals surface area contributed by atoms with Gasteiger partial charge in [-0.2, -0.15) is 0 Å². The zero-order valence-corrected chi connectivity index (χ0v) is 11.9. The summed E-state index contributed by atoms with van der Waals surface area (Å²) in [5, 5.41) is 12.1. The van der Waals surface area contributed by atoms with Crippen molar-refractivity contribution in [3.05, 3.63) is 0 Å². The fourth-order valence-electron chi connectivity index (χ4n) is 3.17. The number of amides is 1. The van der Waals surface area contributed by atoms with Crippen molar-refractivity contribution >= 4 is 11.9 Å². The van der Waals surface area contributed by atoms with Gasteiger partial charge in [0.05, 0.1) is 12.5 Å². The van der Waals surface area contributed by atoms with Crippen LogP contribution in [-0.2, 0) is 9.59 Å². The molecule has 0 aromatic heterocycles. The quantitative estimate of drug-likeness (QED) is 0.683. The summed E-state index contributed by atoms with van der Waals surface area (Å²) >= 11 is 0. The smallest absolute Gasteiger partial charge is 0.308 e. The van der Waals surface area contributed by atoms with Crippen molar-refractivity contribution in [2.24, 2.45) is 11.7 Å². The monoisotopic (exact) mass is 283 g/mol. The number of carbonyl (C=O) groups excluding carboxylic acids is 1. The predicted octanol–water partition coefficient (Wildman–Crippen LogP) is 0.169. The maximum absolute atomic E-state index is 12.1. The lowest BCUT2D eigenvalue weighted by molar-refractivity contribution is -0.144. The number of nitrogens with zero attached hydrogens (tertiary/aromatic N) is 1. The molecule has 0 bridgehead atoms.